The second-order valence-electron chi connectivity index (χ2n) is 6.13. The lowest BCUT2D eigenvalue weighted by Crippen LogP contribution is -2.29. The van der Waals surface area contributed by atoms with Crippen molar-refractivity contribution in [3.63, 3.8) is 0 Å². The average Bonchev–Trinajstić information content (AvgIpc) is 2.70. The highest BCUT2D eigenvalue weighted by molar-refractivity contribution is 4.75. The number of likely N-dealkylation sites (tertiary alicyclic amines) is 1. The molecule has 0 aliphatic carbocycles. The molecule has 108 valence electrons. The smallest absolute Gasteiger partial charge is 0.00386 e. The minimum Gasteiger partial charge on any atom is -0.315 e. The fourth-order valence-electron chi connectivity index (χ4n) is 2.99. The Hall–Kier alpha value is -0.120. The lowest BCUT2D eigenvalue weighted by molar-refractivity contribution is 0.267. The third kappa shape index (κ3) is 6.72. The van der Waals surface area contributed by atoms with Crippen molar-refractivity contribution in [1.82, 2.24) is 15.1 Å². The highest BCUT2D eigenvalue weighted by Gasteiger charge is 2.20. The molecule has 3 heteroatoms. The monoisotopic (exact) mass is 255 g/mol. The van der Waals surface area contributed by atoms with Gasteiger partial charge in [-0.25, -0.2) is 0 Å². The van der Waals surface area contributed by atoms with E-state index in [1.165, 1.54) is 51.9 Å². The fourth-order valence-corrected chi connectivity index (χ4v) is 2.99. The number of nitrogens with one attached hydrogen (secondary N) is 1. The normalized spacial score (nSPS) is 22.8. The van der Waals surface area contributed by atoms with Crippen LogP contribution in [0.25, 0.3) is 0 Å². The third-order valence-electron chi connectivity index (χ3n) is 4.04. The molecule has 3 nitrogen and oxygen atoms in total. The largest absolute Gasteiger partial charge is 0.315 e. The van der Waals surface area contributed by atoms with Gasteiger partial charge in [-0.3, -0.25) is 0 Å². The van der Waals surface area contributed by atoms with Gasteiger partial charge in [-0.15, -0.1) is 0 Å². The van der Waals surface area contributed by atoms with E-state index in [0.29, 0.717) is 6.04 Å². The highest BCUT2D eigenvalue weighted by atomic mass is 15.1. The molecule has 0 aromatic carbocycles. The zero-order chi connectivity index (χ0) is 13.4. The van der Waals surface area contributed by atoms with Crippen LogP contribution in [0.2, 0.25) is 0 Å². The first kappa shape index (κ1) is 15.9. The van der Waals surface area contributed by atoms with E-state index >= 15 is 0 Å². The van der Waals surface area contributed by atoms with Crippen molar-refractivity contribution in [2.75, 3.05) is 46.8 Å². The van der Waals surface area contributed by atoms with Gasteiger partial charge in [-0.2, -0.15) is 0 Å². The number of unbranched alkanes of at least 4 members (excludes halogenated alkanes) is 1. The summed E-state index contributed by atoms with van der Waals surface area (Å²) in [7, 11) is 4.52. The fraction of sp³-hybridized carbons (Fsp3) is 1.00. The number of hydrogen-bond donors (Lipinski definition) is 1. The Kier molecular flexibility index (Phi) is 7.87. The van der Waals surface area contributed by atoms with E-state index < -0.39 is 0 Å². The van der Waals surface area contributed by atoms with Crippen LogP contribution in [0, 0.1) is 5.92 Å². The van der Waals surface area contributed by atoms with Gasteiger partial charge in [0.2, 0.25) is 0 Å². The van der Waals surface area contributed by atoms with Crippen LogP contribution in [0.3, 0.4) is 0 Å². The van der Waals surface area contributed by atoms with Crippen molar-refractivity contribution < 1.29 is 0 Å². The van der Waals surface area contributed by atoms with E-state index in [0.717, 1.165) is 12.5 Å². The molecule has 1 N–H and O–H groups in total. The summed E-state index contributed by atoms with van der Waals surface area (Å²) in [5.41, 5.74) is 0. The van der Waals surface area contributed by atoms with Crippen molar-refractivity contribution in [1.29, 1.82) is 0 Å². The molecular weight excluding hydrogens is 222 g/mol. The molecule has 1 aliphatic heterocycles. The third-order valence-corrected chi connectivity index (χ3v) is 4.04. The lowest BCUT2D eigenvalue weighted by Gasteiger charge is -2.21. The molecule has 1 aliphatic rings. The van der Waals surface area contributed by atoms with Gasteiger partial charge in [-0.05, 0) is 65.8 Å². The van der Waals surface area contributed by atoms with Crippen LogP contribution in [0.5, 0.6) is 0 Å². The number of nitrogens with zero attached hydrogens (tertiary/aromatic N) is 2. The molecule has 1 fully saturated rings. The average molecular weight is 255 g/mol. The van der Waals surface area contributed by atoms with Gasteiger partial charge in [0.15, 0.2) is 0 Å². The summed E-state index contributed by atoms with van der Waals surface area (Å²) in [5, 5.41) is 3.48. The molecule has 0 spiro atoms. The van der Waals surface area contributed by atoms with Gasteiger partial charge in [0, 0.05) is 19.1 Å². The van der Waals surface area contributed by atoms with Gasteiger partial charge >= 0.3 is 0 Å². The molecule has 0 bridgehead atoms. The summed E-state index contributed by atoms with van der Waals surface area (Å²) >= 11 is 0. The van der Waals surface area contributed by atoms with Crippen LogP contribution in [0.1, 0.15) is 39.5 Å². The summed E-state index contributed by atoms with van der Waals surface area (Å²) in [5.74, 6) is 0.903. The lowest BCUT2D eigenvalue weighted by atomic mass is 10.1. The molecule has 1 rings (SSSR count). The van der Waals surface area contributed by atoms with E-state index in [2.05, 4.69) is 43.1 Å². The molecule has 1 saturated heterocycles. The molecule has 0 amide bonds. The molecular formula is C15H33N3. The molecule has 2 unspecified atom stereocenters. The quantitative estimate of drug-likeness (QED) is 0.636. The molecule has 0 aromatic rings. The van der Waals surface area contributed by atoms with Crippen LogP contribution < -0.4 is 5.32 Å². The Bertz CT molecular complexity index is 208. The van der Waals surface area contributed by atoms with E-state index in [1.807, 2.05) is 0 Å². The van der Waals surface area contributed by atoms with Crippen molar-refractivity contribution in [3.05, 3.63) is 0 Å². The standard InChI is InChI=1S/C15H33N3/c1-5-16-14(2)8-6-7-10-17(3)12-15-9-11-18(4)13-15/h14-16H,5-13H2,1-4H3. The summed E-state index contributed by atoms with van der Waals surface area (Å²) in [6.07, 6.45) is 5.39. The van der Waals surface area contributed by atoms with Crippen molar-refractivity contribution in [2.45, 2.75) is 45.6 Å². The number of rotatable bonds is 9. The van der Waals surface area contributed by atoms with Crippen molar-refractivity contribution >= 4 is 0 Å². The maximum absolute atomic E-state index is 3.48. The predicted octanol–water partition coefficient (Wildman–Crippen LogP) is 2.04. The van der Waals surface area contributed by atoms with Crippen LogP contribution >= 0.6 is 0 Å². The highest BCUT2D eigenvalue weighted by Crippen LogP contribution is 2.15. The zero-order valence-electron chi connectivity index (χ0n) is 12.9. The molecule has 1 heterocycles. The van der Waals surface area contributed by atoms with Gasteiger partial charge in [0.05, 0.1) is 0 Å². The van der Waals surface area contributed by atoms with E-state index in [1.54, 1.807) is 0 Å². The summed E-state index contributed by atoms with van der Waals surface area (Å²) in [6, 6.07) is 0.684. The second kappa shape index (κ2) is 8.89. The van der Waals surface area contributed by atoms with Gasteiger partial charge in [-0.1, -0.05) is 13.3 Å². The van der Waals surface area contributed by atoms with Crippen LogP contribution in [-0.2, 0) is 0 Å². The van der Waals surface area contributed by atoms with Crippen LogP contribution in [0.15, 0.2) is 0 Å². The van der Waals surface area contributed by atoms with Crippen LogP contribution in [0.4, 0.5) is 0 Å². The van der Waals surface area contributed by atoms with E-state index in [-0.39, 0.29) is 0 Å². The predicted molar refractivity (Wildman–Crippen MR) is 80.1 cm³/mol. The van der Waals surface area contributed by atoms with Crippen LogP contribution in [-0.4, -0.2) is 62.7 Å². The van der Waals surface area contributed by atoms with E-state index in [4.69, 9.17) is 0 Å². The SMILES string of the molecule is CCNC(C)CCCCN(C)CC1CCN(C)C1. The minimum absolute atomic E-state index is 0.684. The first-order chi connectivity index (χ1) is 8.61. The number of hydrogen-bond acceptors (Lipinski definition) is 3. The van der Waals surface area contributed by atoms with Crippen molar-refractivity contribution in [2.24, 2.45) is 5.92 Å². The Morgan fingerprint density at radius 2 is 2.17 bits per heavy atom. The second-order valence-corrected chi connectivity index (χ2v) is 6.13. The summed E-state index contributed by atoms with van der Waals surface area (Å²) < 4.78 is 0. The van der Waals surface area contributed by atoms with E-state index in [9.17, 15) is 0 Å². The van der Waals surface area contributed by atoms with Gasteiger partial charge in [0.1, 0.15) is 0 Å². The molecule has 18 heavy (non-hydrogen) atoms. The first-order valence-electron chi connectivity index (χ1n) is 7.72. The Morgan fingerprint density at radius 3 is 2.78 bits per heavy atom. The molecule has 2 atom stereocenters. The Balaban J connectivity index is 1.98. The van der Waals surface area contributed by atoms with Crippen molar-refractivity contribution in [3.8, 4) is 0 Å². The minimum atomic E-state index is 0.684. The molecule has 0 aromatic heterocycles. The molecule has 0 radical (unpaired) electrons. The van der Waals surface area contributed by atoms with Gasteiger partial charge in [0.25, 0.3) is 0 Å². The zero-order valence-corrected chi connectivity index (χ0v) is 12.9. The first-order valence-corrected chi connectivity index (χ1v) is 7.72. The maximum atomic E-state index is 3.48. The maximum Gasteiger partial charge on any atom is 0.00386 e. The van der Waals surface area contributed by atoms with Gasteiger partial charge < -0.3 is 15.1 Å². The summed E-state index contributed by atoms with van der Waals surface area (Å²) in [6.45, 7) is 10.7. The topological polar surface area (TPSA) is 18.5 Å². The Labute approximate surface area is 114 Å². The Morgan fingerprint density at radius 1 is 1.39 bits per heavy atom. The summed E-state index contributed by atoms with van der Waals surface area (Å²) in [4.78, 5) is 4.98. The molecule has 0 saturated carbocycles.